The van der Waals surface area contributed by atoms with Crippen molar-refractivity contribution in [2.24, 2.45) is 0 Å². The number of aromatic nitrogens is 1. The van der Waals surface area contributed by atoms with Crippen molar-refractivity contribution in [2.45, 2.75) is 6.10 Å². The first kappa shape index (κ1) is 14.7. The van der Waals surface area contributed by atoms with Crippen LogP contribution in [0.1, 0.15) is 11.8 Å². The van der Waals surface area contributed by atoms with Crippen molar-refractivity contribution in [1.82, 2.24) is 10.3 Å². The van der Waals surface area contributed by atoms with E-state index in [9.17, 15) is 4.39 Å². The van der Waals surface area contributed by atoms with Crippen LogP contribution in [0.15, 0.2) is 30.3 Å². The standard InChI is InChI=1S/C15H13Cl2FN2O/c16-11-5-9(1-2-12(11)18)10-6-13(20-15(17)7-10)14-8-19-3-4-21-14/h1-2,5-7,14,19H,3-4,8H2. The minimum atomic E-state index is -0.444. The maximum absolute atomic E-state index is 13.3. The lowest BCUT2D eigenvalue weighted by Gasteiger charge is -2.23. The Balaban J connectivity index is 1.98. The van der Waals surface area contributed by atoms with Gasteiger partial charge in [0.15, 0.2) is 0 Å². The Morgan fingerprint density at radius 2 is 2.05 bits per heavy atom. The highest BCUT2D eigenvalue weighted by Gasteiger charge is 2.18. The minimum absolute atomic E-state index is 0.0811. The van der Waals surface area contributed by atoms with Gasteiger partial charge in [-0.1, -0.05) is 29.3 Å². The molecule has 0 radical (unpaired) electrons. The quantitative estimate of drug-likeness (QED) is 0.851. The van der Waals surface area contributed by atoms with Crippen molar-refractivity contribution < 1.29 is 9.13 Å². The highest BCUT2D eigenvalue weighted by atomic mass is 35.5. The van der Waals surface area contributed by atoms with E-state index < -0.39 is 5.82 Å². The molecule has 1 unspecified atom stereocenters. The first-order chi connectivity index (χ1) is 10.1. The highest BCUT2D eigenvalue weighted by molar-refractivity contribution is 6.31. The van der Waals surface area contributed by atoms with E-state index >= 15 is 0 Å². The van der Waals surface area contributed by atoms with Crippen LogP contribution in [0, 0.1) is 5.82 Å². The van der Waals surface area contributed by atoms with Gasteiger partial charge in [-0.25, -0.2) is 9.37 Å². The van der Waals surface area contributed by atoms with Gasteiger partial charge < -0.3 is 10.1 Å². The number of pyridine rings is 1. The number of benzene rings is 1. The molecule has 1 N–H and O–H groups in total. The second-order valence-corrected chi connectivity index (χ2v) is 5.59. The fourth-order valence-corrected chi connectivity index (χ4v) is 2.68. The number of rotatable bonds is 2. The summed E-state index contributed by atoms with van der Waals surface area (Å²) in [4.78, 5) is 4.32. The molecule has 3 rings (SSSR count). The number of ether oxygens (including phenoxy) is 1. The predicted molar refractivity (Wildman–Crippen MR) is 81.2 cm³/mol. The van der Waals surface area contributed by atoms with Gasteiger partial charge in [0.05, 0.1) is 17.3 Å². The number of hydrogen-bond acceptors (Lipinski definition) is 3. The fourth-order valence-electron chi connectivity index (χ4n) is 2.28. The Morgan fingerprint density at radius 1 is 1.19 bits per heavy atom. The molecule has 0 amide bonds. The SMILES string of the molecule is Fc1ccc(-c2cc(Cl)nc(C3CNCCO3)c2)cc1Cl. The summed E-state index contributed by atoms with van der Waals surface area (Å²) >= 11 is 11.9. The molecular formula is C15H13Cl2FN2O. The van der Waals surface area contributed by atoms with Crippen molar-refractivity contribution in [2.75, 3.05) is 19.7 Å². The average molecular weight is 327 g/mol. The van der Waals surface area contributed by atoms with Crippen LogP contribution in [0.25, 0.3) is 11.1 Å². The lowest BCUT2D eigenvalue weighted by Crippen LogP contribution is -2.33. The molecule has 110 valence electrons. The summed E-state index contributed by atoms with van der Waals surface area (Å²) in [5.74, 6) is -0.444. The summed E-state index contributed by atoms with van der Waals surface area (Å²) in [7, 11) is 0. The van der Waals surface area contributed by atoms with Crippen LogP contribution in [0.4, 0.5) is 4.39 Å². The molecule has 21 heavy (non-hydrogen) atoms. The van der Waals surface area contributed by atoms with Gasteiger partial charge in [-0.05, 0) is 35.4 Å². The van der Waals surface area contributed by atoms with Crippen molar-refractivity contribution in [3.05, 3.63) is 52.0 Å². The van der Waals surface area contributed by atoms with E-state index in [2.05, 4.69) is 10.3 Å². The van der Waals surface area contributed by atoms with Gasteiger partial charge in [0.25, 0.3) is 0 Å². The molecule has 0 spiro atoms. The molecule has 0 bridgehead atoms. The van der Waals surface area contributed by atoms with Gasteiger partial charge in [0, 0.05) is 13.1 Å². The molecule has 2 aromatic rings. The maximum Gasteiger partial charge on any atom is 0.141 e. The molecule has 1 fully saturated rings. The van der Waals surface area contributed by atoms with Crippen molar-refractivity contribution in [3.8, 4) is 11.1 Å². The molecule has 1 aromatic heterocycles. The number of nitrogens with zero attached hydrogens (tertiary/aromatic N) is 1. The molecule has 1 aromatic carbocycles. The van der Waals surface area contributed by atoms with Crippen LogP contribution in [0.3, 0.4) is 0 Å². The van der Waals surface area contributed by atoms with E-state index in [1.165, 1.54) is 6.07 Å². The van der Waals surface area contributed by atoms with E-state index in [0.29, 0.717) is 18.3 Å². The Labute approximate surface area is 132 Å². The van der Waals surface area contributed by atoms with Crippen molar-refractivity contribution in [1.29, 1.82) is 0 Å². The Bertz CT molecular complexity index is 660. The van der Waals surface area contributed by atoms with E-state index in [1.807, 2.05) is 6.07 Å². The van der Waals surface area contributed by atoms with E-state index in [1.54, 1.807) is 18.2 Å². The summed E-state index contributed by atoms with van der Waals surface area (Å²) in [5.41, 5.74) is 2.38. The molecule has 3 nitrogen and oxygen atoms in total. The van der Waals surface area contributed by atoms with Crippen LogP contribution in [0.5, 0.6) is 0 Å². The monoisotopic (exact) mass is 326 g/mol. The minimum Gasteiger partial charge on any atom is -0.369 e. The van der Waals surface area contributed by atoms with Gasteiger partial charge in [0.1, 0.15) is 17.1 Å². The van der Waals surface area contributed by atoms with E-state index in [4.69, 9.17) is 27.9 Å². The van der Waals surface area contributed by atoms with Gasteiger partial charge >= 0.3 is 0 Å². The third-order valence-corrected chi connectivity index (χ3v) is 3.81. The van der Waals surface area contributed by atoms with E-state index in [0.717, 1.165) is 23.4 Å². The van der Waals surface area contributed by atoms with Gasteiger partial charge in [-0.3, -0.25) is 0 Å². The maximum atomic E-state index is 13.3. The first-order valence-electron chi connectivity index (χ1n) is 6.59. The Kier molecular flexibility index (Phi) is 4.40. The predicted octanol–water partition coefficient (Wildman–Crippen LogP) is 3.86. The molecule has 1 saturated heterocycles. The van der Waals surface area contributed by atoms with Crippen LogP contribution in [0.2, 0.25) is 10.2 Å². The van der Waals surface area contributed by atoms with Gasteiger partial charge in [0.2, 0.25) is 0 Å². The number of nitrogens with one attached hydrogen (secondary N) is 1. The zero-order valence-electron chi connectivity index (χ0n) is 11.1. The largest absolute Gasteiger partial charge is 0.369 e. The zero-order chi connectivity index (χ0) is 14.8. The second-order valence-electron chi connectivity index (χ2n) is 4.80. The average Bonchev–Trinajstić information content (AvgIpc) is 2.50. The molecule has 6 heteroatoms. The van der Waals surface area contributed by atoms with Crippen molar-refractivity contribution >= 4 is 23.2 Å². The van der Waals surface area contributed by atoms with Gasteiger partial charge in [-0.2, -0.15) is 0 Å². The lowest BCUT2D eigenvalue weighted by molar-refractivity contribution is 0.0251. The first-order valence-corrected chi connectivity index (χ1v) is 7.34. The number of hydrogen-bond donors (Lipinski definition) is 1. The van der Waals surface area contributed by atoms with Crippen LogP contribution < -0.4 is 5.32 Å². The summed E-state index contributed by atoms with van der Waals surface area (Å²) in [5, 5.41) is 3.70. The fraction of sp³-hybridized carbons (Fsp3) is 0.267. The van der Waals surface area contributed by atoms with Crippen LogP contribution >= 0.6 is 23.2 Å². The van der Waals surface area contributed by atoms with Gasteiger partial charge in [-0.15, -0.1) is 0 Å². The van der Waals surface area contributed by atoms with E-state index in [-0.39, 0.29) is 11.1 Å². The summed E-state index contributed by atoms with van der Waals surface area (Å²) < 4.78 is 18.9. The second kappa shape index (κ2) is 6.28. The zero-order valence-corrected chi connectivity index (χ0v) is 12.6. The lowest BCUT2D eigenvalue weighted by atomic mass is 10.0. The summed E-state index contributed by atoms with van der Waals surface area (Å²) in [6.45, 7) is 2.16. The third-order valence-electron chi connectivity index (χ3n) is 3.32. The third kappa shape index (κ3) is 3.35. The molecule has 0 saturated carbocycles. The molecule has 0 aliphatic carbocycles. The summed E-state index contributed by atoms with van der Waals surface area (Å²) in [6, 6.07) is 8.20. The van der Waals surface area contributed by atoms with Crippen LogP contribution in [-0.2, 0) is 4.74 Å². The summed E-state index contributed by atoms with van der Waals surface area (Å²) in [6.07, 6.45) is -0.132. The highest BCUT2D eigenvalue weighted by Crippen LogP contribution is 2.29. The van der Waals surface area contributed by atoms with Crippen molar-refractivity contribution in [3.63, 3.8) is 0 Å². The topological polar surface area (TPSA) is 34.2 Å². The molecule has 2 heterocycles. The van der Waals surface area contributed by atoms with Crippen LogP contribution in [-0.4, -0.2) is 24.7 Å². The Hall–Kier alpha value is -1.20. The Morgan fingerprint density at radius 3 is 2.76 bits per heavy atom. The molecular weight excluding hydrogens is 314 g/mol. The normalized spacial score (nSPS) is 18.7. The molecule has 1 aliphatic heterocycles. The molecule has 1 atom stereocenters. The number of halogens is 3. The number of morpholine rings is 1. The smallest absolute Gasteiger partial charge is 0.141 e. The molecule has 1 aliphatic rings.